The number of rotatable bonds is 41. The van der Waals surface area contributed by atoms with Gasteiger partial charge in [0.05, 0.1) is 26.4 Å². The summed E-state index contributed by atoms with van der Waals surface area (Å²) in [4.78, 5) is 0. The zero-order chi connectivity index (χ0) is 35.2. The highest BCUT2D eigenvalue weighted by Gasteiger charge is 2.31. The summed E-state index contributed by atoms with van der Waals surface area (Å²) in [5.41, 5.74) is 0. The molecule has 2 unspecified atom stereocenters. The molecule has 7 nitrogen and oxygen atoms in total. The van der Waals surface area contributed by atoms with Gasteiger partial charge in [-0.2, -0.15) is 9.69 Å². The van der Waals surface area contributed by atoms with Crippen LogP contribution in [0, 0.1) is 5.92 Å². The van der Waals surface area contributed by atoms with E-state index in [0.717, 1.165) is 32.1 Å². The van der Waals surface area contributed by atoms with Gasteiger partial charge in [-0.25, -0.2) is 4.57 Å². The third-order valence-electron chi connectivity index (χ3n) is 9.56. The number of phosphoric ester groups is 1. The number of aliphatic hydroxyl groups is 2. The Morgan fingerprint density at radius 1 is 0.479 bits per heavy atom. The van der Waals surface area contributed by atoms with E-state index < -0.39 is 7.82 Å². The molecule has 0 rings (SSSR count). The van der Waals surface area contributed by atoms with Gasteiger partial charge in [0.2, 0.25) is 0 Å². The first-order chi connectivity index (χ1) is 23.5. The van der Waals surface area contributed by atoms with Gasteiger partial charge in [-0.05, 0) is 25.2 Å². The molecule has 0 aromatic carbocycles. The normalized spacial score (nSPS) is 13.8. The lowest BCUT2D eigenvalue weighted by atomic mass is 9.94. The number of hydroxylamine groups is 2. The molecule has 0 aliphatic carbocycles. The van der Waals surface area contributed by atoms with Crippen molar-refractivity contribution in [1.29, 1.82) is 0 Å². The lowest BCUT2D eigenvalue weighted by Gasteiger charge is -2.27. The summed E-state index contributed by atoms with van der Waals surface area (Å²) in [7, 11) is -3.89. The van der Waals surface area contributed by atoms with Crippen LogP contribution in [0.3, 0.4) is 0 Å². The minimum atomic E-state index is -3.89. The van der Waals surface area contributed by atoms with Gasteiger partial charge in [0.25, 0.3) is 0 Å². The topological polar surface area (TPSA) is 88.5 Å². The molecular formula is C40H84NO6P. The van der Waals surface area contributed by atoms with E-state index in [4.69, 9.17) is 13.7 Å². The molecule has 2 N–H and O–H groups in total. The summed E-state index contributed by atoms with van der Waals surface area (Å²) in [6.07, 6.45) is 37.8. The maximum absolute atomic E-state index is 13.9. The van der Waals surface area contributed by atoms with Crippen LogP contribution in [-0.2, 0) is 18.2 Å². The van der Waals surface area contributed by atoms with Crippen LogP contribution in [0.25, 0.3) is 0 Å². The van der Waals surface area contributed by atoms with Crippen LogP contribution >= 0.6 is 7.82 Å². The number of unbranched alkanes of at least 4 members (excludes halogenated alkanes) is 25. The van der Waals surface area contributed by atoms with Crippen LogP contribution in [0.5, 0.6) is 0 Å². The van der Waals surface area contributed by atoms with Crippen molar-refractivity contribution in [3.63, 3.8) is 0 Å². The Morgan fingerprint density at radius 3 is 1.17 bits per heavy atom. The second-order valence-corrected chi connectivity index (χ2v) is 15.9. The minimum absolute atomic E-state index is 0.135. The second-order valence-electron chi connectivity index (χ2n) is 14.3. The molecule has 0 saturated heterocycles. The number of aliphatic hydroxyl groups excluding tert-OH is 2. The second kappa shape index (κ2) is 38.2. The fourth-order valence-electron chi connectivity index (χ4n) is 6.40. The molecule has 0 heterocycles. The van der Waals surface area contributed by atoms with E-state index >= 15 is 0 Å². The Morgan fingerprint density at radius 2 is 0.812 bits per heavy atom. The highest BCUT2D eigenvalue weighted by molar-refractivity contribution is 7.48. The SMILES string of the molecule is CCCCCCCCCCCCOP(=O)(OCC(CCCCCCCCCC)CCCCCCCCCCCC)ON(CCO)CCO. The predicted octanol–water partition coefficient (Wildman–Crippen LogP) is 12.7. The molecule has 290 valence electrons. The largest absolute Gasteiger partial charge is 0.491 e. The molecular weight excluding hydrogens is 621 g/mol. The zero-order valence-electron chi connectivity index (χ0n) is 32.5. The minimum Gasteiger partial charge on any atom is -0.395 e. The number of hydrogen-bond donors (Lipinski definition) is 2. The number of hydrogen-bond acceptors (Lipinski definition) is 7. The van der Waals surface area contributed by atoms with Crippen molar-refractivity contribution in [2.75, 3.05) is 39.5 Å². The number of nitrogens with zero attached hydrogens (tertiary/aromatic N) is 1. The van der Waals surface area contributed by atoms with Crippen molar-refractivity contribution in [2.45, 2.75) is 213 Å². The summed E-state index contributed by atoms with van der Waals surface area (Å²) < 4.78 is 31.6. The zero-order valence-corrected chi connectivity index (χ0v) is 33.3. The van der Waals surface area contributed by atoms with Crippen molar-refractivity contribution >= 4 is 7.82 Å². The lowest BCUT2D eigenvalue weighted by molar-refractivity contribution is -0.106. The smallest absolute Gasteiger partial charge is 0.395 e. The lowest BCUT2D eigenvalue weighted by Crippen LogP contribution is -2.30. The quantitative estimate of drug-likeness (QED) is 0.0372. The van der Waals surface area contributed by atoms with Crippen molar-refractivity contribution in [2.24, 2.45) is 5.92 Å². The van der Waals surface area contributed by atoms with Crippen LogP contribution in [0.1, 0.15) is 213 Å². The van der Waals surface area contributed by atoms with Gasteiger partial charge in [0.1, 0.15) is 0 Å². The molecule has 0 aromatic heterocycles. The molecule has 2 atom stereocenters. The van der Waals surface area contributed by atoms with Crippen molar-refractivity contribution < 1.29 is 28.5 Å². The van der Waals surface area contributed by atoms with Gasteiger partial charge >= 0.3 is 7.82 Å². The Bertz CT molecular complexity index is 664. The maximum Gasteiger partial charge on any atom is 0.491 e. The van der Waals surface area contributed by atoms with Crippen LogP contribution in [0.2, 0.25) is 0 Å². The molecule has 0 bridgehead atoms. The van der Waals surface area contributed by atoms with Gasteiger partial charge < -0.3 is 10.2 Å². The van der Waals surface area contributed by atoms with Gasteiger partial charge in [-0.3, -0.25) is 9.05 Å². The summed E-state index contributed by atoms with van der Waals surface area (Å²) >= 11 is 0. The Kier molecular flexibility index (Phi) is 38.2. The molecule has 8 heteroatoms. The molecule has 0 aliphatic rings. The first-order valence-corrected chi connectivity index (χ1v) is 22.6. The molecule has 0 amide bonds. The standard InChI is InChI=1S/C40H84NO6P/c1-4-7-10-13-16-19-21-24-27-30-33-40(32-29-26-23-18-15-12-9-6-3)39-46-48(44,47-41(34-36-42)35-37-43)45-38-31-28-25-22-20-17-14-11-8-5-2/h40,42-43H,4-39H2,1-3H3. The van der Waals surface area contributed by atoms with Gasteiger partial charge in [-0.1, -0.05) is 194 Å². The van der Waals surface area contributed by atoms with E-state index in [1.165, 1.54) is 166 Å². The van der Waals surface area contributed by atoms with E-state index in [9.17, 15) is 14.8 Å². The van der Waals surface area contributed by atoms with Crippen LogP contribution < -0.4 is 0 Å². The first kappa shape index (κ1) is 48.0. The van der Waals surface area contributed by atoms with Crippen molar-refractivity contribution in [1.82, 2.24) is 5.06 Å². The summed E-state index contributed by atoms with van der Waals surface area (Å²) in [6.45, 7) is 7.40. The molecule has 0 aliphatic heterocycles. The maximum atomic E-state index is 13.9. The summed E-state index contributed by atoms with van der Waals surface area (Å²) in [5.74, 6) is 0.320. The summed E-state index contributed by atoms with van der Waals surface area (Å²) in [5, 5.41) is 20.3. The van der Waals surface area contributed by atoms with E-state index in [0.29, 0.717) is 19.1 Å². The first-order valence-electron chi connectivity index (χ1n) is 21.1. The molecule has 0 aromatic rings. The van der Waals surface area contributed by atoms with E-state index in [1.54, 1.807) is 0 Å². The van der Waals surface area contributed by atoms with Crippen LogP contribution in [0.4, 0.5) is 0 Å². The Hall–Kier alpha value is -0.0100. The average Bonchev–Trinajstić information content (AvgIpc) is 3.08. The monoisotopic (exact) mass is 706 g/mol. The predicted molar refractivity (Wildman–Crippen MR) is 205 cm³/mol. The fourth-order valence-corrected chi connectivity index (χ4v) is 7.76. The van der Waals surface area contributed by atoms with Crippen molar-refractivity contribution in [3.8, 4) is 0 Å². The van der Waals surface area contributed by atoms with E-state index in [-0.39, 0.29) is 26.3 Å². The summed E-state index contributed by atoms with van der Waals surface area (Å²) in [6, 6.07) is 0. The van der Waals surface area contributed by atoms with Crippen LogP contribution in [0.15, 0.2) is 0 Å². The van der Waals surface area contributed by atoms with Gasteiger partial charge in [0, 0.05) is 13.1 Å². The molecule has 0 radical (unpaired) electrons. The average molecular weight is 706 g/mol. The Balaban J connectivity index is 4.90. The van der Waals surface area contributed by atoms with Gasteiger partial charge in [-0.15, -0.1) is 0 Å². The molecule has 0 fully saturated rings. The fraction of sp³-hybridized carbons (Fsp3) is 1.00. The number of phosphoric acid groups is 1. The molecule has 0 spiro atoms. The van der Waals surface area contributed by atoms with E-state index in [2.05, 4.69) is 20.8 Å². The highest BCUT2D eigenvalue weighted by Crippen LogP contribution is 2.51. The van der Waals surface area contributed by atoms with Gasteiger partial charge in [0.15, 0.2) is 0 Å². The third kappa shape index (κ3) is 33.2. The third-order valence-corrected chi connectivity index (χ3v) is 11.0. The highest BCUT2D eigenvalue weighted by atomic mass is 31.2. The van der Waals surface area contributed by atoms with Crippen LogP contribution in [-0.4, -0.2) is 54.8 Å². The Labute approximate surface area is 299 Å². The molecule has 0 saturated carbocycles. The molecule has 48 heavy (non-hydrogen) atoms. The van der Waals surface area contributed by atoms with Crippen molar-refractivity contribution in [3.05, 3.63) is 0 Å². The van der Waals surface area contributed by atoms with E-state index in [1.807, 2.05) is 0 Å².